The van der Waals surface area contributed by atoms with Gasteiger partial charge in [0.15, 0.2) is 11.5 Å². The fraction of sp³-hybridized carbons (Fsp3) is 0.143. The summed E-state index contributed by atoms with van der Waals surface area (Å²) in [6, 6.07) is 12.9. The van der Waals surface area contributed by atoms with Gasteiger partial charge in [0.2, 0.25) is 0 Å². The number of halogens is 2. The molecule has 1 heterocycles. The van der Waals surface area contributed by atoms with Crippen molar-refractivity contribution >= 4 is 17.5 Å². The number of carbonyl (C=O) groups excluding carboxylic acids is 1. The van der Waals surface area contributed by atoms with Crippen molar-refractivity contribution in [1.29, 1.82) is 0 Å². The average molecular weight is 401 g/mol. The molecule has 0 aliphatic heterocycles. The molecule has 0 bridgehead atoms. The number of hydrogen-bond donors (Lipinski definition) is 1. The van der Waals surface area contributed by atoms with Crippen LogP contribution in [0.25, 0.3) is 0 Å². The zero-order valence-corrected chi connectivity index (χ0v) is 15.9. The lowest BCUT2D eigenvalue weighted by Gasteiger charge is -2.13. The number of nitrogens with one attached hydrogen (secondary N) is 1. The van der Waals surface area contributed by atoms with E-state index in [4.69, 9.17) is 21.1 Å². The third-order valence-corrected chi connectivity index (χ3v) is 4.23. The van der Waals surface area contributed by atoms with Crippen LogP contribution in [0.3, 0.4) is 0 Å². The number of methoxy groups -OCH3 is 1. The van der Waals surface area contributed by atoms with E-state index in [-0.39, 0.29) is 12.1 Å². The zero-order chi connectivity index (χ0) is 19.9. The van der Waals surface area contributed by atoms with Gasteiger partial charge in [0.05, 0.1) is 12.7 Å². The Morgan fingerprint density at radius 1 is 1.07 bits per heavy atom. The van der Waals surface area contributed by atoms with Gasteiger partial charge in [-0.15, -0.1) is 0 Å². The highest BCUT2D eigenvalue weighted by Crippen LogP contribution is 2.29. The lowest BCUT2D eigenvalue weighted by Crippen LogP contribution is -2.23. The summed E-state index contributed by atoms with van der Waals surface area (Å²) in [5, 5.41) is 2.97. The topological polar surface area (TPSA) is 60.5 Å². The Labute approximate surface area is 167 Å². The fourth-order valence-electron chi connectivity index (χ4n) is 2.53. The Morgan fingerprint density at radius 2 is 1.86 bits per heavy atom. The highest BCUT2D eigenvalue weighted by atomic mass is 35.5. The molecule has 0 aliphatic carbocycles. The summed E-state index contributed by atoms with van der Waals surface area (Å²) >= 11 is 5.83. The number of nitrogens with zero attached hydrogens (tertiary/aromatic N) is 1. The molecule has 28 heavy (non-hydrogen) atoms. The normalized spacial score (nSPS) is 10.4. The first-order valence-corrected chi connectivity index (χ1v) is 8.86. The molecule has 144 valence electrons. The molecular weight excluding hydrogens is 383 g/mol. The molecule has 0 aliphatic rings. The highest BCUT2D eigenvalue weighted by molar-refractivity contribution is 6.31. The lowest BCUT2D eigenvalue weighted by atomic mass is 10.1. The summed E-state index contributed by atoms with van der Waals surface area (Å²) < 4.78 is 24.9. The van der Waals surface area contributed by atoms with Gasteiger partial charge in [-0.3, -0.25) is 9.78 Å². The Hall–Kier alpha value is -3.12. The van der Waals surface area contributed by atoms with E-state index in [0.29, 0.717) is 23.1 Å². The Balaban J connectivity index is 1.64. The van der Waals surface area contributed by atoms with Crippen molar-refractivity contribution in [3.63, 3.8) is 0 Å². The van der Waals surface area contributed by atoms with E-state index < -0.39 is 11.7 Å². The average Bonchev–Trinajstić information content (AvgIpc) is 2.73. The number of amides is 1. The van der Waals surface area contributed by atoms with Gasteiger partial charge in [0.1, 0.15) is 12.4 Å². The molecule has 0 radical (unpaired) electrons. The van der Waals surface area contributed by atoms with Gasteiger partial charge in [-0.2, -0.15) is 0 Å². The number of ether oxygens (including phenoxy) is 2. The van der Waals surface area contributed by atoms with Gasteiger partial charge in [-0.1, -0.05) is 17.7 Å². The zero-order valence-electron chi connectivity index (χ0n) is 15.1. The van der Waals surface area contributed by atoms with Crippen molar-refractivity contribution in [1.82, 2.24) is 10.3 Å². The molecule has 0 fully saturated rings. The van der Waals surface area contributed by atoms with Gasteiger partial charge in [0, 0.05) is 24.0 Å². The van der Waals surface area contributed by atoms with Crippen LogP contribution in [-0.2, 0) is 13.2 Å². The van der Waals surface area contributed by atoms with Gasteiger partial charge >= 0.3 is 0 Å². The lowest BCUT2D eigenvalue weighted by molar-refractivity contribution is 0.0947. The van der Waals surface area contributed by atoms with E-state index >= 15 is 0 Å². The minimum absolute atomic E-state index is 0.100. The Kier molecular flexibility index (Phi) is 6.45. The third-order valence-electron chi connectivity index (χ3n) is 4.00. The second kappa shape index (κ2) is 9.19. The first kappa shape index (κ1) is 19.6. The van der Waals surface area contributed by atoms with Crippen molar-refractivity contribution in [2.45, 2.75) is 13.2 Å². The van der Waals surface area contributed by atoms with Crippen LogP contribution in [0.1, 0.15) is 21.5 Å². The summed E-state index contributed by atoms with van der Waals surface area (Å²) in [4.78, 5) is 16.2. The SMILES string of the molecule is COc1cc(CNC(=O)c2cc(Cl)ccc2F)ccc1OCc1ccncc1. The van der Waals surface area contributed by atoms with Gasteiger partial charge in [0.25, 0.3) is 5.91 Å². The van der Waals surface area contributed by atoms with Gasteiger partial charge in [-0.05, 0) is 53.6 Å². The van der Waals surface area contributed by atoms with E-state index in [1.165, 1.54) is 12.1 Å². The quantitative estimate of drug-likeness (QED) is 0.639. The summed E-state index contributed by atoms with van der Waals surface area (Å²) in [7, 11) is 1.54. The molecule has 0 atom stereocenters. The van der Waals surface area contributed by atoms with Crippen LogP contribution in [0.5, 0.6) is 11.5 Å². The smallest absolute Gasteiger partial charge is 0.254 e. The van der Waals surface area contributed by atoms with Crippen LogP contribution in [0.2, 0.25) is 5.02 Å². The molecule has 1 N–H and O–H groups in total. The number of aromatic nitrogens is 1. The molecule has 0 unspecified atom stereocenters. The predicted octanol–water partition coefficient (Wildman–Crippen LogP) is 4.39. The summed E-state index contributed by atoms with van der Waals surface area (Å²) in [6.07, 6.45) is 3.40. The van der Waals surface area contributed by atoms with E-state index in [9.17, 15) is 9.18 Å². The predicted molar refractivity (Wildman–Crippen MR) is 104 cm³/mol. The number of rotatable bonds is 7. The molecule has 0 spiro atoms. The molecule has 2 aromatic carbocycles. The number of carbonyl (C=O) groups is 1. The number of pyridine rings is 1. The summed E-state index contributed by atoms with van der Waals surface area (Å²) in [5.74, 6) is -0.0543. The van der Waals surface area contributed by atoms with Gasteiger partial charge < -0.3 is 14.8 Å². The van der Waals surface area contributed by atoms with Crippen LogP contribution in [0.4, 0.5) is 4.39 Å². The molecular formula is C21H18ClFN2O3. The Bertz CT molecular complexity index is 967. The first-order chi connectivity index (χ1) is 13.6. The van der Waals surface area contributed by atoms with Crippen molar-refractivity contribution in [2.75, 3.05) is 7.11 Å². The summed E-state index contributed by atoms with van der Waals surface area (Å²) in [6.45, 7) is 0.578. The molecule has 0 saturated heterocycles. The monoisotopic (exact) mass is 400 g/mol. The molecule has 1 amide bonds. The molecule has 5 nitrogen and oxygen atoms in total. The maximum atomic E-state index is 13.8. The summed E-state index contributed by atoms with van der Waals surface area (Å²) in [5.41, 5.74) is 1.66. The van der Waals surface area contributed by atoms with E-state index in [0.717, 1.165) is 17.2 Å². The Morgan fingerprint density at radius 3 is 2.61 bits per heavy atom. The molecule has 0 saturated carbocycles. The maximum absolute atomic E-state index is 13.8. The van der Waals surface area contributed by atoms with Crippen LogP contribution in [-0.4, -0.2) is 18.0 Å². The van der Waals surface area contributed by atoms with E-state index in [1.54, 1.807) is 37.7 Å². The second-order valence-electron chi connectivity index (χ2n) is 5.94. The van der Waals surface area contributed by atoms with Crippen molar-refractivity contribution < 1.29 is 18.7 Å². The van der Waals surface area contributed by atoms with Crippen molar-refractivity contribution in [3.05, 3.63) is 88.5 Å². The van der Waals surface area contributed by atoms with Crippen molar-refractivity contribution in [2.24, 2.45) is 0 Å². The van der Waals surface area contributed by atoms with E-state index in [2.05, 4.69) is 10.3 Å². The molecule has 3 aromatic rings. The minimum atomic E-state index is -0.626. The molecule has 7 heteroatoms. The first-order valence-electron chi connectivity index (χ1n) is 8.48. The number of benzene rings is 2. The second-order valence-corrected chi connectivity index (χ2v) is 6.37. The highest BCUT2D eigenvalue weighted by Gasteiger charge is 2.13. The van der Waals surface area contributed by atoms with Crippen LogP contribution < -0.4 is 14.8 Å². The fourth-order valence-corrected chi connectivity index (χ4v) is 2.70. The standard InChI is InChI=1S/C21H18ClFN2O3/c1-27-20-10-15(2-5-19(20)28-13-14-6-8-24-9-7-14)12-25-21(26)17-11-16(22)3-4-18(17)23/h2-11H,12-13H2,1H3,(H,25,26). The number of hydrogen-bond acceptors (Lipinski definition) is 4. The maximum Gasteiger partial charge on any atom is 0.254 e. The minimum Gasteiger partial charge on any atom is -0.493 e. The molecule has 3 rings (SSSR count). The van der Waals surface area contributed by atoms with Crippen LogP contribution >= 0.6 is 11.6 Å². The van der Waals surface area contributed by atoms with Gasteiger partial charge in [-0.25, -0.2) is 4.39 Å². The largest absolute Gasteiger partial charge is 0.493 e. The van der Waals surface area contributed by atoms with Crippen LogP contribution in [0, 0.1) is 5.82 Å². The van der Waals surface area contributed by atoms with Crippen LogP contribution in [0.15, 0.2) is 60.9 Å². The van der Waals surface area contributed by atoms with E-state index in [1.807, 2.05) is 12.1 Å². The third kappa shape index (κ3) is 4.98. The van der Waals surface area contributed by atoms with Crippen molar-refractivity contribution in [3.8, 4) is 11.5 Å². The molecule has 1 aromatic heterocycles.